The Balaban J connectivity index is 1.35. The molecule has 2 heterocycles. The Hall–Kier alpha value is -2.73. The zero-order chi connectivity index (χ0) is 18.6. The van der Waals surface area contributed by atoms with Gasteiger partial charge in [0.1, 0.15) is 13.2 Å². The number of hydrogen-bond donors (Lipinski definition) is 1. The van der Waals surface area contributed by atoms with Crippen molar-refractivity contribution in [1.29, 1.82) is 0 Å². The minimum Gasteiger partial charge on any atom is -0.486 e. The Morgan fingerprint density at radius 2 is 1.93 bits per heavy atom. The van der Waals surface area contributed by atoms with Gasteiger partial charge in [-0.3, -0.25) is 4.79 Å². The Morgan fingerprint density at radius 1 is 1.11 bits per heavy atom. The third kappa shape index (κ3) is 4.17. The molecule has 0 bridgehead atoms. The zero-order valence-corrected chi connectivity index (χ0v) is 15.8. The van der Waals surface area contributed by atoms with Gasteiger partial charge < -0.3 is 14.8 Å². The number of amides is 1. The summed E-state index contributed by atoms with van der Waals surface area (Å²) in [5, 5.41) is 4.97. The normalized spacial score (nSPS) is 14.0. The second-order valence-electron chi connectivity index (χ2n) is 6.32. The van der Waals surface area contributed by atoms with Gasteiger partial charge in [-0.15, -0.1) is 0 Å². The summed E-state index contributed by atoms with van der Waals surface area (Å²) in [6.45, 7) is 3.08. The molecule has 4 rings (SSSR count). The molecule has 27 heavy (non-hydrogen) atoms. The van der Waals surface area contributed by atoms with Gasteiger partial charge in [0.05, 0.1) is 22.3 Å². The number of aromatic nitrogens is 1. The monoisotopic (exact) mass is 380 g/mol. The smallest absolute Gasteiger partial charge is 0.230 e. The molecular formula is C21H20N2O3S. The molecule has 1 aliphatic heterocycles. The molecule has 0 saturated heterocycles. The summed E-state index contributed by atoms with van der Waals surface area (Å²) in [6.07, 6.45) is 0. The molecule has 0 radical (unpaired) electrons. The lowest BCUT2D eigenvalue weighted by molar-refractivity contribution is -0.119. The fourth-order valence-electron chi connectivity index (χ4n) is 2.96. The van der Waals surface area contributed by atoms with Gasteiger partial charge in [0.25, 0.3) is 0 Å². The number of nitrogens with zero attached hydrogens (tertiary/aromatic N) is 1. The summed E-state index contributed by atoms with van der Waals surface area (Å²) >= 11 is 1.44. The first-order valence-electron chi connectivity index (χ1n) is 8.86. The highest BCUT2D eigenvalue weighted by atomic mass is 32.2. The van der Waals surface area contributed by atoms with E-state index in [4.69, 9.17) is 9.47 Å². The molecular weight excluding hydrogens is 360 g/mol. The predicted octanol–water partition coefficient (Wildman–Crippen LogP) is 3.98. The molecule has 1 N–H and O–H groups in total. The summed E-state index contributed by atoms with van der Waals surface area (Å²) in [7, 11) is 0. The maximum Gasteiger partial charge on any atom is 0.230 e. The van der Waals surface area contributed by atoms with Crippen molar-refractivity contribution < 1.29 is 14.3 Å². The molecule has 0 aliphatic carbocycles. The van der Waals surface area contributed by atoms with Crippen LogP contribution in [-0.2, 0) is 4.79 Å². The van der Waals surface area contributed by atoms with Gasteiger partial charge in [0, 0.05) is 5.39 Å². The van der Waals surface area contributed by atoms with Crippen LogP contribution in [-0.4, -0.2) is 29.9 Å². The maximum atomic E-state index is 12.3. The van der Waals surface area contributed by atoms with Gasteiger partial charge in [-0.2, -0.15) is 0 Å². The lowest BCUT2D eigenvalue weighted by Gasteiger charge is -2.21. The number of ether oxygens (including phenoxy) is 2. The van der Waals surface area contributed by atoms with Crippen LogP contribution in [0, 0.1) is 0 Å². The predicted molar refractivity (Wildman–Crippen MR) is 106 cm³/mol. The molecule has 1 aromatic heterocycles. The fourth-order valence-corrected chi connectivity index (χ4v) is 3.65. The van der Waals surface area contributed by atoms with Crippen LogP contribution in [0.4, 0.5) is 0 Å². The zero-order valence-electron chi connectivity index (χ0n) is 15.0. The molecule has 0 saturated carbocycles. The van der Waals surface area contributed by atoms with E-state index in [2.05, 4.69) is 10.3 Å². The SMILES string of the molecule is C[C@H](NC(=O)CSc1ccc2ccccc2n1)c1ccc2c(c1)OCCO2. The second kappa shape index (κ2) is 7.88. The molecule has 6 heteroatoms. The van der Waals surface area contributed by atoms with Crippen molar-refractivity contribution in [3.63, 3.8) is 0 Å². The molecule has 0 unspecified atom stereocenters. The fraction of sp³-hybridized carbons (Fsp3) is 0.238. The first kappa shape index (κ1) is 17.7. The van der Waals surface area contributed by atoms with Crippen molar-refractivity contribution in [2.24, 2.45) is 0 Å². The second-order valence-corrected chi connectivity index (χ2v) is 7.32. The molecule has 0 fully saturated rings. The summed E-state index contributed by atoms with van der Waals surface area (Å²) in [4.78, 5) is 16.9. The summed E-state index contributed by atoms with van der Waals surface area (Å²) < 4.78 is 11.1. The number of benzene rings is 2. The quantitative estimate of drug-likeness (QED) is 0.679. The van der Waals surface area contributed by atoms with Crippen LogP contribution in [0.5, 0.6) is 11.5 Å². The van der Waals surface area contributed by atoms with E-state index in [1.807, 2.05) is 61.5 Å². The Morgan fingerprint density at radius 3 is 2.81 bits per heavy atom. The Bertz CT molecular complexity index is 977. The van der Waals surface area contributed by atoms with Crippen LogP contribution in [0.3, 0.4) is 0 Å². The van der Waals surface area contributed by atoms with Gasteiger partial charge in [-0.25, -0.2) is 4.98 Å². The molecule has 1 amide bonds. The van der Waals surface area contributed by atoms with Crippen LogP contribution in [0.15, 0.2) is 59.6 Å². The van der Waals surface area contributed by atoms with E-state index in [9.17, 15) is 4.79 Å². The van der Waals surface area contributed by atoms with Crippen molar-refractivity contribution in [2.75, 3.05) is 19.0 Å². The highest BCUT2D eigenvalue weighted by Crippen LogP contribution is 2.32. The van der Waals surface area contributed by atoms with Crippen LogP contribution in [0.25, 0.3) is 10.9 Å². The van der Waals surface area contributed by atoms with Crippen molar-refractivity contribution >= 4 is 28.6 Å². The minimum atomic E-state index is -0.113. The van der Waals surface area contributed by atoms with Crippen LogP contribution >= 0.6 is 11.8 Å². The summed E-state index contributed by atoms with van der Waals surface area (Å²) in [6, 6.07) is 17.6. The average Bonchev–Trinajstić information content (AvgIpc) is 2.71. The standard InChI is InChI=1S/C21H20N2O3S/c1-14(16-6-8-18-19(12-16)26-11-10-25-18)22-20(24)13-27-21-9-7-15-4-2-3-5-17(15)23-21/h2-9,12,14H,10-11,13H2,1H3,(H,22,24)/t14-/m0/s1. The third-order valence-corrected chi connectivity index (χ3v) is 5.30. The lowest BCUT2D eigenvalue weighted by atomic mass is 10.1. The van der Waals surface area contributed by atoms with Gasteiger partial charge in [-0.05, 0) is 36.8 Å². The molecule has 1 aliphatic rings. The van der Waals surface area contributed by atoms with E-state index >= 15 is 0 Å². The van der Waals surface area contributed by atoms with E-state index < -0.39 is 0 Å². The van der Waals surface area contributed by atoms with Gasteiger partial charge in [0.15, 0.2) is 11.5 Å². The van der Waals surface area contributed by atoms with Crippen LogP contribution in [0.1, 0.15) is 18.5 Å². The molecule has 1 atom stereocenters. The Labute approximate surface area is 162 Å². The number of fused-ring (bicyclic) bond motifs is 2. The number of nitrogens with one attached hydrogen (secondary N) is 1. The van der Waals surface area contributed by atoms with Crippen molar-refractivity contribution in [2.45, 2.75) is 18.0 Å². The van der Waals surface area contributed by atoms with Gasteiger partial charge >= 0.3 is 0 Å². The van der Waals surface area contributed by atoms with E-state index in [0.29, 0.717) is 19.0 Å². The van der Waals surface area contributed by atoms with Gasteiger partial charge in [-0.1, -0.05) is 42.1 Å². The number of hydrogen-bond acceptors (Lipinski definition) is 5. The van der Waals surface area contributed by atoms with E-state index in [1.165, 1.54) is 11.8 Å². The molecule has 3 aromatic rings. The molecule has 0 spiro atoms. The lowest BCUT2D eigenvalue weighted by Crippen LogP contribution is -2.28. The number of para-hydroxylation sites is 1. The van der Waals surface area contributed by atoms with Crippen molar-refractivity contribution in [1.82, 2.24) is 10.3 Å². The number of thioether (sulfide) groups is 1. The van der Waals surface area contributed by atoms with Crippen molar-refractivity contribution in [3.05, 3.63) is 60.2 Å². The molecule has 2 aromatic carbocycles. The van der Waals surface area contributed by atoms with E-state index in [-0.39, 0.29) is 11.9 Å². The average molecular weight is 380 g/mol. The minimum absolute atomic E-state index is 0.0302. The summed E-state index contributed by atoms with van der Waals surface area (Å²) in [5.41, 5.74) is 1.92. The van der Waals surface area contributed by atoms with Gasteiger partial charge in [0.2, 0.25) is 5.91 Å². The van der Waals surface area contributed by atoms with Crippen LogP contribution in [0.2, 0.25) is 0 Å². The highest BCUT2D eigenvalue weighted by Gasteiger charge is 2.16. The topological polar surface area (TPSA) is 60.5 Å². The first-order valence-corrected chi connectivity index (χ1v) is 9.85. The third-order valence-electron chi connectivity index (χ3n) is 4.37. The number of carbonyl (C=O) groups is 1. The van der Waals surface area contributed by atoms with Crippen LogP contribution < -0.4 is 14.8 Å². The number of pyridine rings is 1. The van der Waals surface area contributed by atoms with Crippen molar-refractivity contribution in [3.8, 4) is 11.5 Å². The summed E-state index contributed by atoms with van der Waals surface area (Å²) in [5.74, 6) is 1.77. The number of carbonyl (C=O) groups excluding carboxylic acids is 1. The maximum absolute atomic E-state index is 12.3. The highest BCUT2D eigenvalue weighted by molar-refractivity contribution is 7.99. The first-order chi connectivity index (χ1) is 13.2. The molecule has 138 valence electrons. The largest absolute Gasteiger partial charge is 0.486 e. The number of rotatable bonds is 5. The Kier molecular flexibility index (Phi) is 5.16. The van der Waals surface area contributed by atoms with E-state index in [0.717, 1.165) is 33.0 Å². The van der Waals surface area contributed by atoms with E-state index in [1.54, 1.807) is 0 Å². The molecule has 5 nitrogen and oxygen atoms in total.